The van der Waals surface area contributed by atoms with Crippen LogP contribution in [0.3, 0.4) is 0 Å². The van der Waals surface area contributed by atoms with Crippen molar-refractivity contribution in [2.75, 3.05) is 13.2 Å². The molecular weight excluding hydrogens is 308 g/mol. The van der Waals surface area contributed by atoms with Crippen LogP contribution in [0.4, 0.5) is 8.78 Å². The van der Waals surface area contributed by atoms with Gasteiger partial charge in [0, 0.05) is 25.3 Å². The van der Waals surface area contributed by atoms with Gasteiger partial charge < -0.3 is 14.8 Å². The van der Waals surface area contributed by atoms with Crippen molar-refractivity contribution in [3.63, 3.8) is 0 Å². The van der Waals surface area contributed by atoms with Gasteiger partial charge in [-0.05, 0) is 39.5 Å². The van der Waals surface area contributed by atoms with Crippen LogP contribution < -0.4 is 5.32 Å². The van der Waals surface area contributed by atoms with Crippen LogP contribution in [0.15, 0.2) is 0 Å². The monoisotopic (exact) mass is 335 g/mol. The molecule has 0 amide bonds. The third-order valence-electron chi connectivity index (χ3n) is 3.90. The van der Waals surface area contributed by atoms with Crippen molar-refractivity contribution < 1.29 is 27.8 Å². The predicted octanol–water partition coefficient (Wildman–Crippen LogP) is 2.82. The average Bonchev–Trinajstić information content (AvgIpc) is 2.48. The highest BCUT2D eigenvalue weighted by Gasteiger charge is 2.36. The highest BCUT2D eigenvalue weighted by atomic mass is 19.3. The van der Waals surface area contributed by atoms with E-state index in [1.807, 2.05) is 0 Å². The van der Waals surface area contributed by atoms with Crippen molar-refractivity contribution in [2.45, 2.75) is 76.8 Å². The van der Waals surface area contributed by atoms with E-state index in [0.29, 0.717) is 32.3 Å². The maximum atomic E-state index is 13.2. The largest absolute Gasteiger partial charge is 0.466 e. The van der Waals surface area contributed by atoms with Gasteiger partial charge in [0.15, 0.2) is 0 Å². The van der Waals surface area contributed by atoms with E-state index in [-0.39, 0.29) is 37.9 Å². The summed E-state index contributed by atoms with van der Waals surface area (Å²) in [6.07, 6.45) is 1.48. The summed E-state index contributed by atoms with van der Waals surface area (Å²) in [6.45, 7) is 4.04. The third kappa shape index (κ3) is 7.72. The van der Waals surface area contributed by atoms with Gasteiger partial charge in [-0.2, -0.15) is 0 Å². The summed E-state index contributed by atoms with van der Waals surface area (Å²) in [6, 6.07) is -0.687. The standard InChI is InChI=1S/C16H27F2NO4/c1-3-22-14(20)7-5-6-13(15(21)23-4-2)19-12-8-10-16(17,18)11-9-12/h12-13,19H,3-11H2,1-2H3. The van der Waals surface area contributed by atoms with E-state index < -0.39 is 17.9 Å². The first-order valence-corrected chi connectivity index (χ1v) is 8.34. The molecule has 0 aromatic rings. The maximum Gasteiger partial charge on any atom is 0.323 e. The minimum Gasteiger partial charge on any atom is -0.466 e. The number of esters is 2. The minimum atomic E-state index is -2.60. The lowest BCUT2D eigenvalue weighted by Crippen LogP contribution is -2.46. The van der Waals surface area contributed by atoms with Gasteiger partial charge in [0.25, 0.3) is 0 Å². The number of hydrogen-bond donors (Lipinski definition) is 1. The van der Waals surface area contributed by atoms with Crippen LogP contribution in [0.1, 0.15) is 58.8 Å². The van der Waals surface area contributed by atoms with Crippen molar-refractivity contribution in [1.82, 2.24) is 5.32 Å². The Balaban J connectivity index is 2.46. The van der Waals surface area contributed by atoms with Gasteiger partial charge in [-0.15, -0.1) is 0 Å². The van der Waals surface area contributed by atoms with Crippen LogP contribution >= 0.6 is 0 Å². The Morgan fingerprint density at radius 2 is 1.78 bits per heavy atom. The van der Waals surface area contributed by atoms with Gasteiger partial charge in [-0.1, -0.05) is 0 Å². The topological polar surface area (TPSA) is 64.6 Å². The molecule has 1 rings (SSSR count). The SMILES string of the molecule is CCOC(=O)CCCC(NC1CCC(F)(F)CC1)C(=O)OCC. The molecule has 0 aliphatic heterocycles. The number of alkyl halides is 2. The molecule has 5 nitrogen and oxygen atoms in total. The molecule has 1 fully saturated rings. The van der Waals surface area contributed by atoms with Crippen molar-refractivity contribution >= 4 is 11.9 Å². The Morgan fingerprint density at radius 1 is 1.17 bits per heavy atom. The summed E-state index contributed by atoms with van der Waals surface area (Å²) in [4.78, 5) is 23.3. The highest BCUT2D eigenvalue weighted by Crippen LogP contribution is 2.33. The molecule has 0 heterocycles. The molecule has 0 spiro atoms. The van der Waals surface area contributed by atoms with Gasteiger partial charge in [0.05, 0.1) is 13.2 Å². The molecule has 0 radical (unpaired) electrons. The summed E-state index contributed by atoms with van der Waals surface area (Å²) in [5.74, 6) is -3.29. The van der Waals surface area contributed by atoms with Crippen LogP contribution in [0.5, 0.6) is 0 Å². The smallest absolute Gasteiger partial charge is 0.323 e. The second-order valence-electron chi connectivity index (χ2n) is 5.80. The lowest BCUT2D eigenvalue weighted by atomic mass is 9.91. The Hall–Kier alpha value is -1.24. The van der Waals surface area contributed by atoms with E-state index >= 15 is 0 Å². The molecule has 1 unspecified atom stereocenters. The summed E-state index contributed by atoms with van der Waals surface area (Å²) in [5, 5.41) is 3.12. The van der Waals surface area contributed by atoms with E-state index in [4.69, 9.17) is 9.47 Å². The van der Waals surface area contributed by atoms with Gasteiger partial charge in [-0.3, -0.25) is 9.59 Å². The molecule has 7 heteroatoms. The van der Waals surface area contributed by atoms with E-state index in [2.05, 4.69) is 5.32 Å². The molecule has 0 bridgehead atoms. The number of carbonyl (C=O) groups excluding carboxylic acids is 2. The van der Waals surface area contributed by atoms with E-state index in [1.165, 1.54) is 0 Å². The van der Waals surface area contributed by atoms with Crippen molar-refractivity contribution in [3.05, 3.63) is 0 Å². The van der Waals surface area contributed by atoms with Gasteiger partial charge in [0.1, 0.15) is 6.04 Å². The third-order valence-corrected chi connectivity index (χ3v) is 3.90. The van der Waals surface area contributed by atoms with Crippen molar-refractivity contribution in [1.29, 1.82) is 0 Å². The second kappa shape index (κ2) is 9.80. The van der Waals surface area contributed by atoms with E-state index in [0.717, 1.165) is 0 Å². The van der Waals surface area contributed by atoms with Crippen LogP contribution in [-0.2, 0) is 19.1 Å². The summed E-state index contributed by atoms with van der Waals surface area (Å²) in [5.41, 5.74) is 0. The molecule has 1 N–H and O–H groups in total. The van der Waals surface area contributed by atoms with Crippen LogP contribution in [-0.4, -0.2) is 43.2 Å². The molecule has 1 saturated carbocycles. The summed E-state index contributed by atoms with van der Waals surface area (Å²) >= 11 is 0. The molecule has 0 aromatic heterocycles. The Labute approximate surface area is 136 Å². The fraction of sp³-hybridized carbons (Fsp3) is 0.875. The zero-order valence-corrected chi connectivity index (χ0v) is 13.9. The number of hydrogen-bond acceptors (Lipinski definition) is 5. The second-order valence-corrected chi connectivity index (χ2v) is 5.80. The van der Waals surface area contributed by atoms with E-state index in [9.17, 15) is 18.4 Å². The van der Waals surface area contributed by atoms with Gasteiger partial charge >= 0.3 is 11.9 Å². The fourth-order valence-corrected chi connectivity index (χ4v) is 2.69. The number of halogens is 2. The molecule has 134 valence electrons. The number of rotatable bonds is 9. The van der Waals surface area contributed by atoms with E-state index in [1.54, 1.807) is 13.8 Å². The average molecular weight is 335 g/mol. The van der Waals surface area contributed by atoms with Crippen molar-refractivity contribution in [3.8, 4) is 0 Å². The molecular formula is C16H27F2NO4. The van der Waals surface area contributed by atoms with Crippen LogP contribution in [0.2, 0.25) is 0 Å². The zero-order valence-electron chi connectivity index (χ0n) is 13.9. The minimum absolute atomic E-state index is 0.119. The predicted molar refractivity (Wildman–Crippen MR) is 81.2 cm³/mol. The molecule has 0 saturated heterocycles. The van der Waals surface area contributed by atoms with Gasteiger partial charge in [0.2, 0.25) is 5.92 Å². The zero-order chi connectivity index (χ0) is 17.3. The quantitative estimate of drug-likeness (QED) is 0.657. The Morgan fingerprint density at radius 3 is 2.35 bits per heavy atom. The number of ether oxygens (including phenoxy) is 2. The van der Waals surface area contributed by atoms with Gasteiger partial charge in [-0.25, -0.2) is 8.78 Å². The first-order valence-electron chi connectivity index (χ1n) is 8.34. The Kier molecular flexibility index (Phi) is 8.44. The molecule has 23 heavy (non-hydrogen) atoms. The number of nitrogens with one attached hydrogen (secondary N) is 1. The molecule has 0 aromatic carbocycles. The molecule has 1 aliphatic carbocycles. The lowest BCUT2D eigenvalue weighted by Gasteiger charge is -2.31. The lowest BCUT2D eigenvalue weighted by molar-refractivity contribution is -0.147. The normalized spacial score (nSPS) is 19.1. The first kappa shape index (κ1) is 19.8. The summed E-state index contributed by atoms with van der Waals surface area (Å²) in [7, 11) is 0. The molecule has 1 aliphatic rings. The fourth-order valence-electron chi connectivity index (χ4n) is 2.69. The highest BCUT2D eigenvalue weighted by molar-refractivity contribution is 5.76. The summed E-state index contributed by atoms with van der Waals surface area (Å²) < 4.78 is 36.2. The molecule has 1 atom stereocenters. The van der Waals surface area contributed by atoms with Crippen LogP contribution in [0.25, 0.3) is 0 Å². The maximum absolute atomic E-state index is 13.2. The van der Waals surface area contributed by atoms with Crippen molar-refractivity contribution in [2.24, 2.45) is 0 Å². The van der Waals surface area contributed by atoms with Crippen LogP contribution in [0, 0.1) is 0 Å². The first-order chi connectivity index (χ1) is 10.9. The Bertz CT molecular complexity index is 380. The number of carbonyl (C=O) groups is 2.